The Morgan fingerprint density at radius 2 is 0.870 bits per heavy atom. The van der Waals surface area contributed by atoms with E-state index < -0.39 is 5.41 Å². The van der Waals surface area contributed by atoms with Crippen molar-refractivity contribution in [2.75, 3.05) is 0 Å². The second-order valence-corrected chi connectivity index (χ2v) is 15.2. The van der Waals surface area contributed by atoms with E-state index in [0.29, 0.717) is 0 Å². The number of benzene rings is 8. The van der Waals surface area contributed by atoms with Gasteiger partial charge in [-0.3, -0.25) is 0 Å². The summed E-state index contributed by atoms with van der Waals surface area (Å²) in [6.07, 6.45) is 0. The van der Waals surface area contributed by atoms with Gasteiger partial charge in [0.15, 0.2) is 5.82 Å². The van der Waals surface area contributed by atoms with Crippen LogP contribution < -0.4 is 0 Å². The van der Waals surface area contributed by atoms with Crippen molar-refractivity contribution in [3.8, 4) is 56.0 Å². The van der Waals surface area contributed by atoms with Crippen molar-refractivity contribution >= 4 is 22.7 Å². The Bertz CT molecular complexity index is 2850. The summed E-state index contributed by atoms with van der Waals surface area (Å²) in [5, 5.41) is 1.04. The van der Waals surface area contributed by atoms with Gasteiger partial charge in [0.25, 0.3) is 0 Å². The van der Waals surface area contributed by atoms with Crippen LogP contribution in [0.25, 0.3) is 66.9 Å². The third-order valence-electron chi connectivity index (χ3n) is 11.2. The average molecular weight is 705 g/mol. The van der Waals surface area contributed by atoms with Crippen molar-refractivity contribution in [1.82, 2.24) is 9.97 Å². The number of hydrogen-bond donors (Lipinski definition) is 0. The topological polar surface area (TPSA) is 25.8 Å². The molecule has 1 aliphatic heterocycles. The number of fused-ring (bicyclic) bond motifs is 10. The predicted octanol–water partition coefficient (Wildman–Crippen LogP) is 13.1. The van der Waals surface area contributed by atoms with Gasteiger partial charge in [-0.2, -0.15) is 0 Å². The van der Waals surface area contributed by atoms with Gasteiger partial charge < -0.3 is 0 Å². The van der Waals surface area contributed by atoms with Crippen molar-refractivity contribution in [3.63, 3.8) is 0 Å². The van der Waals surface area contributed by atoms with Gasteiger partial charge in [-0.05, 0) is 79.9 Å². The summed E-state index contributed by atoms with van der Waals surface area (Å²) in [5.74, 6) is 0.721. The minimum absolute atomic E-state index is 0.394. The first-order valence-electron chi connectivity index (χ1n) is 18.4. The Morgan fingerprint density at radius 3 is 1.61 bits per heavy atom. The van der Waals surface area contributed by atoms with Crippen LogP contribution in [0.15, 0.2) is 204 Å². The first-order chi connectivity index (χ1) is 26.8. The van der Waals surface area contributed by atoms with Crippen LogP contribution >= 0.6 is 11.8 Å². The first-order valence-corrected chi connectivity index (χ1v) is 19.2. The molecule has 11 rings (SSSR count). The fraction of sp³-hybridized carbons (Fsp3) is 0.0196. The van der Waals surface area contributed by atoms with Gasteiger partial charge in [0.2, 0.25) is 0 Å². The van der Waals surface area contributed by atoms with E-state index in [-0.39, 0.29) is 0 Å². The molecule has 9 aromatic rings. The highest BCUT2D eigenvalue weighted by Gasteiger charge is 2.50. The summed E-state index contributed by atoms with van der Waals surface area (Å²) in [7, 11) is 0. The van der Waals surface area contributed by atoms with E-state index >= 15 is 0 Å². The molecule has 1 spiro atoms. The summed E-state index contributed by atoms with van der Waals surface area (Å²) < 4.78 is 0. The number of rotatable bonds is 4. The van der Waals surface area contributed by atoms with Gasteiger partial charge in [0.1, 0.15) is 0 Å². The van der Waals surface area contributed by atoms with Crippen molar-refractivity contribution in [1.29, 1.82) is 0 Å². The molecule has 2 nitrogen and oxygen atoms in total. The Labute approximate surface area is 318 Å². The molecule has 8 aromatic carbocycles. The van der Waals surface area contributed by atoms with Crippen molar-refractivity contribution in [2.24, 2.45) is 0 Å². The lowest BCUT2D eigenvalue weighted by atomic mass is 9.67. The highest BCUT2D eigenvalue weighted by Crippen LogP contribution is 2.62. The molecular weight excluding hydrogens is 673 g/mol. The Morgan fingerprint density at radius 1 is 0.352 bits per heavy atom. The molecule has 1 aromatic heterocycles. The Balaban J connectivity index is 1.01. The molecule has 3 heteroatoms. The van der Waals surface area contributed by atoms with Crippen molar-refractivity contribution < 1.29 is 0 Å². The molecule has 0 bridgehead atoms. The number of para-hydroxylation sites is 1. The highest BCUT2D eigenvalue weighted by molar-refractivity contribution is 7.99. The van der Waals surface area contributed by atoms with E-state index in [4.69, 9.17) is 9.97 Å². The summed E-state index contributed by atoms with van der Waals surface area (Å²) in [6.45, 7) is 0. The van der Waals surface area contributed by atoms with Crippen molar-refractivity contribution in [2.45, 2.75) is 15.2 Å². The number of hydrogen-bond acceptors (Lipinski definition) is 3. The van der Waals surface area contributed by atoms with Crippen LogP contribution in [-0.2, 0) is 5.41 Å². The SMILES string of the molecule is c1ccc(-c2ccc(-c3nc(-c4ccc(-c5ccc6c(c5)C5(c7ccccc7Sc7ccccc75)c5ccccc5-6)cc4)nc4ccccc34)cc2)cc1. The molecular formula is C51H32N2S. The molecule has 252 valence electrons. The maximum Gasteiger partial charge on any atom is 0.160 e. The Kier molecular flexibility index (Phi) is 7.05. The average Bonchev–Trinajstić information content (AvgIpc) is 3.54. The van der Waals surface area contributed by atoms with E-state index in [1.165, 1.54) is 59.9 Å². The van der Waals surface area contributed by atoms with Crippen LogP contribution in [0, 0.1) is 0 Å². The van der Waals surface area contributed by atoms with E-state index in [9.17, 15) is 0 Å². The van der Waals surface area contributed by atoms with Gasteiger partial charge in [-0.1, -0.05) is 182 Å². The molecule has 0 fully saturated rings. The van der Waals surface area contributed by atoms with E-state index in [0.717, 1.165) is 39.1 Å². The molecule has 0 saturated carbocycles. The van der Waals surface area contributed by atoms with E-state index in [1.54, 1.807) is 0 Å². The summed E-state index contributed by atoms with van der Waals surface area (Å²) in [4.78, 5) is 12.9. The second-order valence-electron chi connectivity index (χ2n) is 14.1. The summed E-state index contributed by atoms with van der Waals surface area (Å²) >= 11 is 1.88. The maximum atomic E-state index is 5.20. The van der Waals surface area contributed by atoms with Crippen LogP contribution in [0.2, 0.25) is 0 Å². The lowest BCUT2D eigenvalue weighted by molar-refractivity contribution is 0.722. The lowest BCUT2D eigenvalue weighted by Gasteiger charge is -2.39. The minimum Gasteiger partial charge on any atom is -0.228 e. The highest BCUT2D eigenvalue weighted by atomic mass is 32.2. The minimum atomic E-state index is -0.394. The first kappa shape index (κ1) is 31.0. The number of aromatic nitrogens is 2. The molecule has 0 N–H and O–H groups in total. The van der Waals surface area contributed by atoms with Gasteiger partial charge >= 0.3 is 0 Å². The van der Waals surface area contributed by atoms with E-state index in [2.05, 4.69) is 182 Å². The monoisotopic (exact) mass is 704 g/mol. The molecule has 2 heterocycles. The van der Waals surface area contributed by atoms with Gasteiger partial charge in [0.05, 0.1) is 16.6 Å². The molecule has 1 aliphatic carbocycles. The molecule has 2 aliphatic rings. The third-order valence-corrected chi connectivity index (χ3v) is 12.3. The molecule has 54 heavy (non-hydrogen) atoms. The molecule has 0 unspecified atom stereocenters. The maximum absolute atomic E-state index is 5.20. The Hall–Kier alpha value is -6.55. The smallest absolute Gasteiger partial charge is 0.160 e. The van der Waals surface area contributed by atoms with Crippen molar-refractivity contribution in [3.05, 3.63) is 216 Å². The van der Waals surface area contributed by atoms with Crippen LogP contribution in [0.5, 0.6) is 0 Å². The van der Waals surface area contributed by atoms with Crippen LogP contribution in [0.3, 0.4) is 0 Å². The van der Waals surface area contributed by atoms with Crippen LogP contribution in [-0.4, -0.2) is 9.97 Å². The zero-order valence-corrected chi connectivity index (χ0v) is 30.1. The summed E-state index contributed by atoms with van der Waals surface area (Å²) in [6, 6.07) is 70.3. The molecule has 0 amide bonds. The quantitative estimate of drug-likeness (QED) is 0.182. The predicted molar refractivity (Wildman–Crippen MR) is 223 cm³/mol. The fourth-order valence-corrected chi connectivity index (χ4v) is 9.91. The van der Waals surface area contributed by atoms with Gasteiger partial charge in [-0.25, -0.2) is 9.97 Å². The lowest BCUT2D eigenvalue weighted by Crippen LogP contribution is -2.31. The molecule has 0 atom stereocenters. The second kappa shape index (κ2) is 12.3. The standard InChI is InChI=1S/C51H32N2S/c1-2-12-33(13-3-1)34-22-26-36(27-23-34)49-41-15-5-9-19-46(41)52-50(53-49)37-28-24-35(25-29-37)38-30-31-40-39-14-4-6-16-42(39)51(45(40)32-38)43-17-7-10-20-47(43)54-48-21-11-8-18-44(48)51/h1-32H. The fourth-order valence-electron chi connectivity index (χ4n) is 8.72. The zero-order valence-electron chi connectivity index (χ0n) is 29.3. The van der Waals surface area contributed by atoms with Crippen LogP contribution in [0.1, 0.15) is 22.3 Å². The van der Waals surface area contributed by atoms with Crippen LogP contribution in [0.4, 0.5) is 0 Å². The van der Waals surface area contributed by atoms with Gasteiger partial charge in [0, 0.05) is 26.3 Å². The summed E-state index contributed by atoms with van der Waals surface area (Å²) in [5.41, 5.74) is 16.3. The van der Waals surface area contributed by atoms with E-state index in [1.807, 2.05) is 23.9 Å². The zero-order chi connectivity index (χ0) is 35.6. The largest absolute Gasteiger partial charge is 0.228 e. The van der Waals surface area contributed by atoms with Gasteiger partial charge in [-0.15, -0.1) is 0 Å². The molecule has 0 saturated heterocycles. The number of nitrogens with zero attached hydrogens (tertiary/aromatic N) is 2. The third kappa shape index (κ3) is 4.68. The normalized spacial score (nSPS) is 13.3. The molecule has 0 radical (unpaired) electrons.